The molecule has 1 atom stereocenters. The van der Waals surface area contributed by atoms with Gasteiger partial charge in [-0.1, -0.05) is 74.8 Å². The van der Waals surface area contributed by atoms with E-state index in [2.05, 4.69) is 40.2 Å². The van der Waals surface area contributed by atoms with Crippen LogP contribution in [-0.4, -0.2) is 0 Å². The van der Waals surface area contributed by atoms with Crippen molar-refractivity contribution >= 4 is 0 Å². The zero-order chi connectivity index (χ0) is 16.0. The van der Waals surface area contributed by atoms with Gasteiger partial charge in [0.15, 0.2) is 0 Å². The maximum Gasteiger partial charge on any atom is -0.0325 e. The quantitative estimate of drug-likeness (QED) is 0.368. The van der Waals surface area contributed by atoms with Gasteiger partial charge >= 0.3 is 0 Å². The lowest BCUT2D eigenvalue weighted by Crippen LogP contribution is -2.01. The van der Waals surface area contributed by atoms with E-state index in [1.165, 1.54) is 19.3 Å². The van der Waals surface area contributed by atoms with E-state index in [9.17, 15) is 0 Å². The minimum atomic E-state index is 0.838. The van der Waals surface area contributed by atoms with Gasteiger partial charge < -0.3 is 0 Å². The largest absolute Gasteiger partial charge is 0.124 e. The van der Waals surface area contributed by atoms with Crippen molar-refractivity contribution in [2.45, 2.75) is 81.6 Å². The van der Waals surface area contributed by atoms with Crippen LogP contribution in [0.5, 0.6) is 0 Å². The Hall–Kier alpha value is -0.700. The Kier molecular flexibility index (Phi) is 74.5. The first kappa shape index (κ1) is 30.4. The summed E-state index contributed by atoms with van der Waals surface area (Å²) < 4.78 is 0. The molecule has 0 radical (unpaired) electrons. The van der Waals surface area contributed by atoms with Crippen LogP contribution in [0.4, 0.5) is 0 Å². The summed E-state index contributed by atoms with van der Waals surface area (Å²) in [4.78, 5) is 0. The molecular weight excluding hydrogens is 216 g/mol. The molecule has 0 aromatic carbocycles. The number of allylic oxidation sites excluding steroid dienone is 1. The van der Waals surface area contributed by atoms with E-state index >= 15 is 0 Å². The molecule has 0 aliphatic carbocycles. The van der Waals surface area contributed by atoms with Crippen LogP contribution >= 0.6 is 0 Å². The molecular formula is C18H40. The van der Waals surface area contributed by atoms with Crippen molar-refractivity contribution in [3.63, 3.8) is 0 Å². The van der Waals surface area contributed by atoms with E-state index in [-0.39, 0.29) is 0 Å². The molecule has 0 saturated carbocycles. The average molecular weight is 257 g/mol. The van der Waals surface area contributed by atoms with Crippen LogP contribution in [0.25, 0.3) is 0 Å². The molecule has 0 rings (SSSR count). The van der Waals surface area contributed by atoms with Crippen molar-refractivity contribution in [2.75, 3.05) is 0 Å². The average Bonchev–Trinajstić information content (AvgIpc) is 2.46. The van der Waals surface area contributed by atoms with Crippen molar-refractivity contribution in [3.05, 3.63) is 12.7 Å². The highest BCUT2D eigenvalue weighted by molar-refractivity contribution is 4.72. The second-order valence-electron chi connectivity index (χ2n) is 3.43. The summed E-state index contributed by atoms with van der Waals surface area (Å²) in [5.41, 5.74) is 0. The molecule has 0 amide bonds. The van der Waals surface area contributed by atoms with Crippen LogP contribution in [0.15, 0.2) is 12.7 Å². The van der Waals surface area contributed by atoms with E-state index < -0.39 is 0 Å². The van der Waals surface area contributed by atoms with Crippen molar-refractivity contribution in [1.82, 2.24) is 0 Å². The van der Waals surface area contributed by atoms with Gasteiger partial charge in [0.2, 0.25) is 0 Å². The minimum Gasteiger partial charge on any atom is -0.124 e. The minimum absolute atomic E-state index is 0.838. The Morgan fingerprint density at radius 2 is 1.28 bits per heavy atom. The molecule has 0 saturated heterocycles. The van der Waals surface area contributed by atoms with Crippen LogP contribution in [0.1, 0.15) is 81.6 Å². The van der Waals surface area contributed by atoms with E-state index in [1.54, 1.807) is 0 Å². The third kappa shape index (κ3) is 45.4. The molecule has 0 nitrogen and oxygen atoms in total. The second kappa shape index (κ2) is 44.1. The van der Waals surface area contributed by atoms with Gasteiger partial charge in [-0.15, -0.1) is 19.4 Å². The highest BCUT2D eigenvalue weighted by atomic mass is 14.1. The van der Waals surface area contributed by atoms with Gasteiger partial charge in [0, 0.05) is 0 Å². The molecule has 112 valence electrons. The molecule has 0 aromatic heterocycles. The molecule has 18 heavy (non-hydrogen) atoms. The van der Waals surface area contributed by atoms with E-state index in [0.29, 0.717) is 0 Å². The molecule has 0 aliphatic heterocycles. The lowest BCUT2D eigenvalue weighted by molar-refractivity contribution is 0.402. The fraction of sp³-hybridized carbons (Fsp3) is 0.778. The van der Waals surface area contributed by atoms with Gasteiger partial charge in [-0.3, -0.25) is 0 Å². The third-order valence-electron chi connectivity index (χ3n) is 1.88. The number of rotatable bonds is 5. The molecule has 0 bridgehead atoms. The highest BCUT2D eigenvalue weighted by Crippen LogP contribution is 2.18. The normalized spacial score (nSPS) is 8.67. The van der Waals surface area contributed by atoms with Crippen LogP contribution in [0.3, 0.4) is 0 Å². The maximum atomic E-state index is 4.00. The number of hydrogen-bond donors (Lipinski definition) is 0. The van der Waals surface area contributed by atoms with E-state index in [0.717, 1.165) is 11.8 Å². The summed E-state index contributed by atoms with van der Waals surface area (Å²) in [6.45, 7) is 22.6. The van der Waals surface area contributed by atoms with Crippen LogP contribution in [-0.2, 0) is 0 Å². The van der Waals surface area contributed by atoms with Crippen molar-refractivity contribution in [2.24, 2.45) is 11.8 Å². The van der Waals surface area contributed by atoms with Crippen molar-refractivity contribution in [1.29, 1.82) is 0 Å². The number of hydrogen-bond acceptors (Lipinski definition) is 0. The first-order valence-corrected chi connectivity index (χ1v) is 7.64. The SMILES string of the molecule is C#C.C=CCC(CC)CC(C)C.CC.CC.CC. The Bertz CT molecular complexity index is 108. The zero-order valence-electron chi connectivity index (χ0n) is 14.7. The first-order valence-electron chi connectivity index (χ1n) is 7.64. The Morgan fingerprint density at radius 1 is 0.944 bits per heavy atom. The number of terminal acetylenes is 1. The van der Waals surface area contributed by atoms with Crippen LogP contribution < -0.4 is 0 Å². The molecule has 1 unspecified atom stereocenters. The summed E-state index contributed by atoms with van der Waals surface area (Å²) in [6.07, 6.45) is 13.9. The first-order chi connectivity index (χ1) is 8.70. The third-order valence-corrected chi connectivity index (χ3v) is 1.88. The topological polar surface area (TPSA) is 0 Å². The Labute approximate surface area is 119 Å². The predicted octanol–water partition coefficient (Wildman–Crippen LogP) is 6.96. The summed E-state index contributed by atoms with van der Waals surface area (Å²) in [5.74, 6) is 1.71. The Morgan fingerprint density at radius 3 is 1.44 bits per heavy atom. The summed E-state index contributed by atoms with van der Waals surface area (Å²) in [5, 5.41) is 0. The van der Waals surface area contributed by atoms with Gasteiger partial charge in [-0.25, -0.2) is 0 Å². The van der Waals surface area contributed by atoms with Gasteiger partial charge in [-0.05, 0) is 24.7 Å². The molecule has 0 heteroatoms. The van der Waals surface area contributed by atoms with E-state index in [1.807, 2.05) is 47.6 Å². The molecule has 0 aromatic rings. The maximum absolute atomic E-state index is 4.00. The summed E-state index contributed by atoms with van der Waals surface area (Å²) in [7, 11) is 0. The monoisotopic (exact) mass is 256 g/mol. The molecule has 0 aliphatic rings. The fourth-order valence-electron chi connectivity index (χ4n) is 1.33. The lowest BCUT2D eigenvalue weighted by Gasteiger charge is -2.14. The smallest absolute Gasteiger partial charge is 0.0325 e. The zero-order valence-corrected chi connectivity index (χ0v) is 14.7. The second-order valence-corrected chi connectivity index (χ2v) is 3.43. The fourth-order valence-corrected chi connectivity index (χ4v) is 1.33. The molecule has 0 fully saturated rings. The van der Waals surface area contributed by atoms with E-state index in [4.69, 9.17) is 0 Å². The lowest BCUT2D eigenvalue weighted by atomic mass is 9.92. The van der Waals surface area contributed by atoms with Gasteiger partial charge in [0.05, 0.1) is 0 Å². The van der Waals surface area contributed by atoms with Gasteiger partial charge in [0.25, 0.3) is 0 Å². The van der Waals surface area contributed by atoms with Crippen LogP contribution in [0.2, 0.25) is 0 Å². The molecule has 0 N–H and O–H groups in total. The van der Waals surface area contributed by atoms with Crippen molar-refractivity contribution in [3.8, 4) is 12.8 Å². The standard InChI is InChI=1S/C10H20.3C2H6.C2H2/c1-5-7-10(6-2)8-9(3)4;4*1-2/h5,9-10H,1,6-8H2,2-4H3;3*1-2H3;1-2H. The summed E-state index contributed by atoms with van der Waals surface area (Å²) in [6, 6.07) is 0. The summed E-state index contributed by atoms with van der Waals surface area (Å²) >= 11 is 0. The molecule has 0 heterocycles. The van der Waals surface area contributed by atoms with Crippen LogP contribution in [0, 0.1) is 24.7 Å². The van der Waals surface area contributed by atoms with Gasteiger partial charge in [0.1, 0.15) is 0 Å². The predicted molar refractivity (Wildman–Crippen MR) is 92.0 cm³/mol. The van der Waals surface area contributed by atoms with Crippen molar-refractivity contribution < 1.29 is 0 Å². The Balaban J connectivity index is -0.0000000596. The van der Waals surface area contributed by atoms with Gasteiger partial charge in [-0.2, -0.15) is 0 Å². The highest BCUT2D eigenvalue weighted by Gasteiger charge is 2.05. The molecule has 0 spiro atoms.